The number of hydrogen-bond acceptors (Lipinski definition) is 3. The van der Waals surface area contributed by atoms with Crippen LogP contribution in [0.15, 0.2) is 47.6 Å². The maximum Gasteiger partial charge on any atom is 0.460 e. The van der Waals surface area contributed by atoms with E-state index in [4.69, 9.17) is 23.2 Å². The number of amides is 2. The number of halogens is 9. The topological polar surface area (TPSA) is 70.6 Å². The number of carbonyl (C=O) groups is 2. The number of alkyl halides is 7. The van der Waals surface area contributed by atoms with Gasteiger partial charge in [-0.2, -0.15) is 35.8 Å². The molecule has 0 aliphatic heterocycles. The fourth-order valence-corrected chi connectivity index (χ4v) is 2.76. The second kappa shape index (κ2) is 10.2. The lowest BCUT2D eigenvalue weighted by Crippen LogP contribution is -2.57. The van der Waals surface area contributed by atoms with Crippen LogP contribution in [-0.4, -0.2) is 35.5 Å². The maximum absolute atomic E-state index is 13.5. The van der Waals surface area contributed by atoms with E-state index in [1.807, 2.05) is 0 Å². The van der Waals surface area contributed by atoms with Crippen LogP contribution in [0.4, 0.5) is 36.4 Å². The van der Waals surface area contributed by atoms with E-state index in [1.165, 1.54) is 36.5 Å². The SMILES string of the molecule is CC(=NNC(=O)Cc1ccc(Cl)c(Cl)c1)c1cccc(NC(=O)C(F)(F)C(F)(F)C(F)(F)F)c1. The Labute approximate surface area is 197 Å². The predicted octanol–water partition coefficient (Wildman–Crippen LogP) is 5.85. The number of nitrogens with zero attached hydrogens (tertiary/aromatic N) is 1. The molecule has 5 nitrogen and oxygen atoms in total. The Morgan fingerprint density at radius 1 is 0.941 bits per heavy atom. The molecule has 2 N–H and O–H groups in total. The molecule has 14 heteroatoms. The molecule has 0 aliphatic rings. The zero-order valence-electron chi connectivity index (χ0n) is 16.9. The van der Waals surface area contributed by atoms with Crippen molar-refractivity contribution in [2.45, 2.75) is 31.4 Å². The molecule has 0 aliphatic carbocycles. The molecule has 0 saturated heterocycles. The Bertz CT molecular complexity index is 1120. The molecule has 34 heavy (non-hydrogen) atoms. The van der Waals surface area contributed by atoms with Crippen molar-refractivity contribution >= 4 is 46.4 Å². The molecule has 0 unspecified atom stereocenters. The molecular weight excluding hydrogens is 518 g/mol. The van der Waals surface area contributed by atoms with Crippen LogP contribution in [0.25, 0.3) is 0 Å². The van der Waals surface area contributed by atoms with Gasteiger partial charge in [0.25, 0.3) is 0 Å². The van der Waals surface area contributed by atoms with Gasteiger partial charge in [0.15, 0.2) is 0 Å². The lowest BCUT2D eigenvalue weighted by molar-refractivity contribution is -0.343. The molecule has 2 amide bonds. The van der Waals surface area contributed by atoms with E-state index in [-0.39, 0.29) is 22.7 Å². The highest BCUT2D eigenvalue weighted by atomic mass is 35.5. The molecular formula is C20H14Cl2F7N3O2. The fourth-order valence-electron chi connectivity index (χ4n) is 2.44. The van der Waals surface area contributed by atoms with Crippen LogP contribution in [0.1, 0.15) is 18.1 Å². The van der Waals surface area contributed by atoms with Gasteiger partial charge >= 0.3 is 23.9 Å². The summed E-state index contributed by atoms with van der Waals surface area (Å²) in [4.78, 5) is 23.5. The maximum atomic E-state index is 13.5. The van der Waals surface area contributed by atoms with Crippen molar-refractivity contribution in [1.29, 1.82) is 0 Å². The minimum absolute atomic E-state index is 0.103. The summed E-state index contributed by atoms with van der Waals surface area (Å²) in [5, 5.41) is 5.67. The second-order valence-electron chi connectivity index (χ2n) is 6.84. The van der Waals surface area contributed by atoms with Gasteiger partial charge in [0.05, 0.1) is 22.2 Å². The zero-order valence-corrected chi connectivity index (χ0v) is 18.4. The van der Waals surface area contributed by atoms with Crippen LogP contribution >= 0.6 is 23.2 Å². The molecule has 0 fully saturated rings. The summed E-state index contributed by atoms with van der Waals surface area (Å²) < 4.78 is 89.8. The van der Waals surface area contributed by atoms with Crippen LogP contribution in [0.5, 0.6) is 0 Å². The smallest absolute Gasteiger partial charge is 0.321 e. The third-order valence-corrected chi connectivity index (χ3v) is 5.01. The number of anilines is 1. The Morgan fingerprint density at radius 2 is 1.59 bits per heavy atom. The van der Waals surface area contributed by atoms with Crippen LogP contribution in [0.2, 0.25) is 10.0 Å². The van der Waals surface area contributed by atoms with Crippen LogP contribution < -0.4 is 10.7 Å². The first-order valence-electron chi connectivity index (χ1n) is 9.07. The summed E-state index contributed by atoms with van der Waals surface area (Å²) in [6.07, 6.45) is -6.76. The third-order valence-electron chi connectivity index (χ3n) is 4.27. The van der Waals surface area contributed by atoms with Gasteiger partial charge in [-0.1, -0.05) is 41.4 Å². The standard InChI is InChI=1S/C20H14Cl2F7N3O2/c1-10(31-32-16(33)8-11-5-6-14(21)15(22)7-11)12-3-2-4-13(9-12)30-17(34)18(23,24)19(25,26)20(27,28)29/h2-7,9H,8H2,1H3,(H,30,34)(H,32,33). The first kappa shape index (κ1) is 27.4. The van der Waals surface area contributed by atoms with Crippen LogP contribution in [-0.2, 0) is 16.0 Å². The highest BCUT2D eigenvalue weighted by Gasteiger charge is 2.76. The fraction of sp³-hybridized carbons (Fsp3) is 0.250. The number of hydrazone groups is 1. The first-order valence-corrected chi connectivity index (χ1v) is 9.83. The molecule has 0 atom stereocenters. The predicted molar refractivity (Wildman–Crippen MR) is 112 cm³/mol. The minimum atomic E-state index is -6.64. The number of benzene rings is 2. The average molecular weight is 532 g/mol. The number of rotatable bonds is 7. The zero-order chi connectivity index (χ0) is 25.9. The van der Waals surface area contributed by atoms with E-state index in [9.17, 15) is 40.3 Å². The van der Waals surface area contributed by atoms with Gasteiger partial charge in [-0.3, -0.25) is 9.59 Å². The van der Waals surface area contributed by atoms with E-state index < -0.39 is 35.5 Å². The van der Waals surface area contributed by atoms with Crippen molar-refractivity contribution in [2.75, 3.05) is 5.32 Å². The second-order valence-corrected chi connectivity index (χ2v) is 7.65. The minimum Gasteiger partial charge on any atom is -0.321 e. The van der Waals surface area contributed by atoms with E-state index in [0.29, 0.717) is 10.6 Å². The molecule has 0 spiro atoms. The van der Waals surface area contributed by atoms with Gasteiger partial charge in [0, 0.05) is 5.69 Å². The first-order chi connectivity index (χ1) is 15.6. The van der Waals surface area contributed by atoms with Gasteiger partial charge in [0.1, 0.15) is 0 Å². The monoisotopic (exact) mass is 531 g/mol. The average Bonchev–Trinajstić information content (AvgIpc) is 2.73. The summed E-state index contributed by atoms with van der Waals surface area (Å²) in [7, 11) is 0. The molecule has 0 saturated carbocycles. The summed E-state index contributed by atoms with van der Waals surface area (Å²) >= 11 is 11.7. The summed E-state index contributed by atoms with van der Waals surface area (Å²) in [5.41, 5.74) is 2.49. The molecule has 0 bridgehead atoms. The van der Waals surface area contributed by atoms with Gasteiger partial charge in [-0.25, -0.2) is 5.43 Å². The van der Waals surface area contributed by atoms with Gasteiger partial charge in [-0.15, -0.1) is 0 Å². The lowest BCUT2D eigenvalue weighted by atomic mass is 10.1. The van der Waals surface area contributed by atoms with Gasteiger partial charge < -0.3 is 5.32 Å². The van der Waals surface area contributed by atoms with E-state index in [1.54, 1.807) is 6.07 Å². The molecule has 2 aromatic rings. The molecule has 0 radical (unpaired) electrons. The Morgan fingerprint density at radius 3 is 2.18 bits per heavy atom. The van der Waals surface area contributed by atoms with Crippen LogP contribution in [0.3, 0.4) is 0 Å². The Hall–Kier alpha value is -2.86. The van der Waals surface area contributed by atoms with E-state index in [0.717, 1.165) is 12.1 Å². The Balaban J connectivity index is 2.10. The van der Waals surface area contributed by atoms with E-state index >= 15 is 0 Å². The van der Waals surface area contributed by atoms with Crippen molar-refractivity contribution in [1.82, 2.24) is 5.43 Å². The van der Waals surface area contributed by atoms with E-state index in [2.05, 4.69) is 10.5 Å². The van der Waals surface area contributed by atoms with Crippen LogP contribution in [0, 0.1) is 0 Å². The van der Waals surface area contributed by atoms with Crippen molar-refractivity contribution < 1.29 is 40.3 Å². The van der Waals surface area contributed by atoms with Gasteiger partial charge in [0.2, 0.25) is 5.91 Å². The third kappa shape index (κ3) is 6.17. The molecule has 0 heterocycles. The molecule has 184 valence electrons. The number of carbonyl (C=O) groups excluding carboxylic acids is 2. The highest BCUT2D eigenvalue weighted by molar-refractivity contribution is 6.42. The Kier molecular flexibility index (Phi) is 8.20. The molecule has 2 aromatic carbocycles. The quantitative estimate of drug-likeness (QED) is 0.267. The number of hydrogen-bond donors (Lipinski definition) is 2. The largest absolute Gasteiger partial charge is 0.460 e. The number of nitrogens with one attached hydrogen (secondary N) is 2. The summed E-state index contributed by atoms with van der Waals surface area (Å²) in [6.45, 7) is 1.38. The van der Waals surface area contributed by atoms with Crippen molar-refractivity contribution in [3.63, 3.8) is 0 Å². The van der Waals surface area contributed by atoms with Crippen molar-refractivity contribution in [3.05, 3.63) is 63.6 Å². The lowest BCUT2D eigenvalue weighted by Gasteiger charge is -2.27. The molecule has 0 aromatic heterocycles. The summed E-state index contributed by atoms with van der Waals surface area (Å²) in [6, 6.07) is 9.07. The van der Waals surface area contributed by atoms with Crippen molar-refractivity contribution in [2.24, 2.45) is 5.10 Å². The highest BCUT2D eigenvalue weighted by Crippen LogP contribution is 2.46. The molecule has 2 rings (SSSR count). The normalized spacial score (nSPS) is 12.9. The van der Waals surface area contributed by atoms with Gasteiger partial charge in [-0.05, 0) is 42.3 Å². The summed E-state index contributed by atoms with van der Waals surface area (Å²) in [5.74, 6) is -16.1. The van der Waals surface area contributed by atoms with Crippen molar-refractivity contribution in [3.8, 4) is 0 Å².